The number of nitrogens with zero attached hydrogens (tertiary/aromatic N) is 6. The summed E-state index contributed by atoms with van der Waals surface area (Å²) in [6, 6.07) is 3.59. The normalized spacial score (nSPS) is 37.6. The van der Waals surface area contributed by atoms with Crippen molar-refractivity contribution < 1.29 is 64.4 Å². The van der Waals surface area contributed by atoms with Crippen molar-refractivity contribution in [3.63, 3.8) is 0 Å². The number of hydrogen-bond acceptors (Lipinski definition) is 8. The Morgan fingerprint density at radius 1 is 0.907 bits per heavy atom. The van der Waals surface area contributed by atoms with Gasteiger partial charge in [-0.15, -0.1) is 28.3 Å². The first-order chi connectivity index (χ1) is 20.0. The molecule has 4 aliphatic carbocycles. The van der Waals surface area contributed by atoms with Gasteiger partial charge < -0.3 is 4.55 Å². The zero-order valence-corrected chi connectivity index (χ0v) is 31.3. The maximum Gasteiger partial charge on any atom is 1.00 e. The zero-order valence-electron chi connectivity index (χ0n) is 25.8. The molecule has 0 radical (unpaired) electrons. The Balaban J connectivity index is 0.00000423. The minimum atomic E-state index is -4.51. The fourth-order valence-electron chi connectivity index (χ4n) is 7.98. The molecule has 13 heteroatoms. The first-order valence-corrected chi connectivity index (χ1v) is 18.3. The number of nitriles is 1. The molecule has 1 aromatic heterocycles. The molecule has 2 unspecified atom stereocenters. The molecule has 4 saturated carbocycles. The van der Waals surface area contributed by atoms with Crippen molar-refractivity contribution in [2.75, 3.05) is 0 Å². The van der Waals surface area contributed by atoms with Gasteiger partial charge in [-0.1, -0.05) is 13.8 Å². The Morgan fingerprint density at radius 3 is 1.81 bits per heavy atom. The van der Waals surface area contributed by atoms with Crippen LogP contribution in [0.3, 0.4) is 0 Å². The van der Waals surface area contributed by atoms with Gasteiger partial charge >= 0.3 is 51.4 Å². The summed E-state index contributed by atoms with van der Waals surface area (Å²) < 4.78 is 36.3. The van der Waals surface area contributed by atoms with Gasteiger partial charge in [0.2, 0.25) is 0 Å². The summed E-state index contributed by atoms with van der Waals surface area (Å²) in [6.07, 6.45) is 16.1. The Bertz CT molecular complexity index is 1200. The van der Waals surface area contributed by atoms with Crippen molar-refractivity contribution >= 4 is 39.1 Å². The first kappa shape index (κ1) is 36.2. The van der Waals surface area contributed by atoms with Gasteiger partial charge in [0.15, 0.2) is 5.82 Å². The van der Waals surface area contributed by atoms with Gasteiger partial charge in [0.25, 0.3) is 0 Å². The van der Waals surface area contributed by atoms with Gasteiger partial charge in [0.05, 0.1) is 44.4 Å². The van der Waals surface area contributed by atoms with Gasteiger partial charge in [-0.25, -0.2) is 13.1 Å². The second-order valence-electron chi connectivity index (χ2n) is 13.5. The van der Waals surface area contributed by atoms with E-state index in [1.807, 2.05) is 0 Å². The molecule has 2 atom stereocenters. The summed E-state index contributed by atoms with van der Waals surface area (Å²) in [5.41, 5.74) is 0.267. The average molecular weight is 680 g/mol. The van der Waals surface area contributed by atoms with E-state index < -0.39 is 32.2 Å². The van der Waals surface area contributed by atoms with E-state index in [0.29, 0.717) is 23.9 Å². The third-order valence-corrected chi connectivity index (χ3v) is 12.6. The molecule has 0 bridgehead atoms. The third kappa shape index (κ3) is 8.85. The predicted octanol–water partition coefficient (Wildman–Crippen LogP) is 4.08. The first-order valence-electron chi connectivity index (χ1n) is 15.9. The van der Waals surface area contributed by atoms with Crippen LogP contribution in [0, 0.1) is 23.2 Å². The van der Waals surface area contributed by atoms with Gasteiger partial charge in [0.1, 0.15) is 11.6 Å². The molecule has 4 aliphatic rings. The quantitative estimate of drug-likeness (QED) is 0.185. The van der Waals surface area contributed by atoms with Crippen molar-refractivity contribution in [1.82, 2.24) is 14.7 Å². The monoisotopic (exact) mass is 678 g/mol. The summed E-state index contributed by atoms with van der Waals surface area (Å²) >= 11 is 13.1. The number of alkyl halides is 2. The topological polar surface area (TPSA) is 127 Å². The molecule has 0 amide bonds. The number of azo groups is 1. The largest absolute Gasteiger partial charge is 1.00 e. The van der Waals surface area contributed by atoms with Crippen LogP contribution in [-0.4, -0.2) is 67.8 Å². The Kier molecular flexibility index (Phi) is 13.5. The number of halogens is 2. The molecular formula is C30H45Cl2KN6O3S. The molecule has 0 saturated heterocycles. The van der Waals surface area contributed by atoms with Crippen LogP contribution in [0.25, 0.3) is 0 Å². The van der Waals surface area contributed by atoms with Gasteiger partial charge in [-0.3, -0.25) is 4.90 Å². The smallest absolute Gasteiger partial charge is 0.748 e. The van der Waals surface area contributed by atoms with Gasteiger partial charge in [0, 0.05) is 18.1 Å². The van der Waals surface area contributed by atoms with E-state index in [1.165, 1.54) is 62.2 Å². The molecule has 234 valence electrons. The van der Waals surface area contributed by atoms with E-state index in [0.717, 1.165) is 37.5 Å². The molecule has 0 aliphatic heterocycles. The standard InChI is InChI=1S/C30H46Cl2N6O3S.K/c1-19-3-9-23(10-4-19)37(24-11-5-20(2)6-12-24)25-13-7-22(8-14-25)35-36-30-21(17-33)18-34-38(30)29-27(31)15-26(16-28(29)32)42(39,40)41;/h18-20,22-29H,3-16H2,1-2H3,(H,39,40,41);/q;+1/p-1. The van der Waals surface area contributed by atoms with Crippen molar-refractivity contribution in [3.05, 3.63) is 11.8 Å². The van der Waals surface area contributed by atoms with E-state index in [9.17, 15) is 18.2 Å². The SMILES string of the molecule is CC1CCC(N(C2CCC(C)CC2)C2CCC(N=Nc3c(C#N)cnn3C3C(Cl)CC(S(=O)(=O)[O-])CC3Cl)CC2)CC1.[K+]. The summed E-state index contributed by atoms with van der Waals surface area (Å²) in [4.78, 5) is 2.95. The molecular weight excluding hydrogens is 634 g/mol. The van der Waals surface area contributed by atoms with Crippen LogP contribution < -0.4 is 51.4 Å². The minimum absolute atomic E-state index is 0. The van der Waals surface area contributed by atoms with Crippen LogP contribution in [0.5, 0.6) is 0 Å². The number of aromatic nitrogens is 2. The van der Waals surface area contributed by atoms with E-state index in [4.69, 9.17) is 28.3 Å². The van der Waals surface area contributed by atoms with Crippen LogP contribution >= 0.6 is 23.2 Å². The van der Waals surface area contributed by atoms with Crippen LogP contribution in [0.4, 0.5) is 5.82 Å². The summed E-state index contributed by atoms with van der Waals surface area (Å²) in [5.74, 6) is 1.98. The molecule has 0 spiro atoms. The molecule has 9 nitrogen and oxygen atoms in total. The summed E-state index contributed by atoms with van der Waals surface area (Å²) in [7, 11) is -4.51. The summed E-state index contributed by atoms with van der Waals surface area (Å²) in [5, 5.41) is 20.7. The fourth-order valence-corrected chi connectivity index (χ4v) is 10.1. The van der Waals surface area contributed by atoms with Crippen molar-refractivity contribution in [2.24, 2.45) is 22.1 Å². The molecule has 0 aromatic carbocycles. The minimum Gasteiger partial charge on any atom is -0.748 e. The molecule has 5 rings (SSSR count). The van der Waals surface area contributed by atoms with E-state index in [2.05, 4.69) is 35.0 Å². The molecule has 43 heavy (non-hydrogen) atoms. The Labute approximate surface area is 310 Å². The van der Waals surface area contributed by atoms with Crippen LogP contribution in [0.15, 0.2) is 16.4 Å². The van der Waals surface area contributed by atoms with Crippen molar-refractivity contribution in [1.29, 1.82) is 5.26 Å². The van der Waals surface area contributed by atoms with Crippen LogP contribution in [0.2, 0.25) is 0 Å². The van der Waals surface area contributed by atoms with Crippen LogP contribution in [-0.2, 0) is 10.1 Å². The van der Waals surface area contributed by atoms with Gasteiger partial charge in [-0.05, 0) is 102 Å². The molecule has 0 N–H and O–H groups in total. The van der Waals surface area contributed by atoms with Crippen LogP contribution in [0.1, 0.15) is 115 Å². The molecule has 1 heterocycles. The maximum absolute atomic E-state index is 11.6. The van der Waals surface area contributed by atoms with Gasteiger partial charge in [-0.2, -0.15) is 15.5 Å². The number of rotatable bonds is 7. The van der Waals surface area contributed by atoms with E-state index >= 15 is 0 Å². The zero-order chi connectivity index (χ0) is 30.0. The second kappa shape index (κ2) is 16.0. The second-order valence-corrected chi connectivity index (χ2v) is 16.3. The predicted molar refractivity (Wildman–Crippen MR) is 163 cm³/mol. The molecule has 1 aromatic rings. The maximum atomic E-state index is 11.6. The fraction of sp³-hybridized carbons (Fsp3) is 0.867. The Hall–Kier alpha value is 0.386. The Morgan fingerprint density at radius 2 is 1.37 bits per heavy atom. The molecule has 4 fully saturated rings. The number of hydrogen-bond donors (Lipinski definition) is 0. The third-order valence-electron chi connectivity index (χ3n) is 10.5. The average Bonchev–Trinajstić information content (AvgIpc) is 3.36. The van der Waals surface area contributed by atoms with Crippen molar-refractivity contribution in [2.45, 2.75) is 150 Å². The van der Waals surface area contributed by atoms with E-state index in [1.54, 1.807) is 0 Å². The summed E-state index contributed by atoms with van der Waals surface area (Å²) in [6.45, 7) is 4.79. The van der Waals surface area contributed by atoms with E-state index in [-0.39, 0.29) is 75.8 Å². The van der Waals surface area contributed by atoms with Crippen molar-refractivity contribution in [3.8, 4) is 6.07 Å².